The maximum atomic E-state index is 13.9. The van der Waals surface area contributed by atoms with Gasteiger partial charge in [-0.05, 0) is 56.1 Å². The van der Waals surface area contributed by atoms with Gasteiger partial charge in [0, 0.05) is 19.5 Å². The second-order valence-corrected chi connectivity index (χ2v) is 13.8. The molecule has 0 spiro atoms. The van der Waals surface area contributed by atoms with E-state index in [1.165, 1.54) is 9.80 Å². The van der Waals surface area contributed by atoms with Gasteiger partial charge in [0.2, 0.25) is 23.6 Å². The van der Waals surface area contributed by atoms with Gasteiger partial charge in [0.15, 0.2) is 0 Å². The lowest BCUT2D eigenvalue weighted by molar-refractivity contribution is -0.146. The van der Waals surface area contributed by atoms with Gasteiger partial charge in [-0.15, -0.1) is 0 Å². The fourth-order valence-corrected chi connectivity index (χ4v) is 6.89. The smallest absolute Gasteiger partial charge is 0.246 e. The molecule has 2 aromatic rings. The molecule has 2 heterocycles. The Morgan fingerprint density at radius 2 is 1.54 bits per heavy atom. The molecule has 0 bridgehead atoms. The Kier molecular flexibility index (Phi) is 13.6. The highest BCUT2D eigenvalue weighted by Crippen LogP contribution is 2.29. The Hall–Kier alpha value is -4.17. The van der Waals surface area contributed by atoms with Crippen molar-refractivity contribution in [1.82, 2.24) is 25.8 Å². The van der Waals surface area contributed by atoms with Gasteiger partial charge in [-0.2, -0.15) is 0 Å². The molecule has 2 saturated heterocycles. The molecule has 7 atom stereocenters. The summed E-state index contributed by atoms with van der Waals surface area (Å²) in [7, 11) is 0. The van der Waals surface area contributed by atoms with E-state index in [1.54, 1.807) is 6.92 Å². The Bertz CT molecular complexity index is 1460. The second kappa shape index (κ2) is 17.7. The van der Waals surface area contributed by atoms with Crippen molar-refractivity contribution in [3.05, 3.63) is 71.8 Å². The molecular formula is C37H52N6O7. The van der Waals surface area contributed by atoms with Crippen LogP contribution in [0.5, 0.6) is 0 Å². The molecule has 0 radical (unpaired) electrons. The van der Waals surface area contributed by atoms with Crippen LogP contribution >= 0.6 is 0 Å². The Morgan fingerprint density at radius 3 is 2.12 bits per heavy atom. The van der Waals surface area contributed by atoms with Crippen molar-refractivity contribution in [2.45, 2.75) is 101 Å². The predicted octanol–water partition coefficient (Wildman–Crippen LogP) is 0.265. The Balaban J connectivity index is 1.42. The molecule has 4 rings (SSSR count). The van der Waals surface area contributed by atoms with E-state index in [-0.39, 0.29) is 18.9 Å². The van der Waals surface area contributed by atoms with Crippen molar-refractivity contribution in [2.24, 2.45) is 11.7 Å². The lowest BCUT2D eigenvalue weighted by Crippen LogP contribution is -2.61. The number of hydrogen-bond donors (Lipinski definition) is 6. The van der Waals surface area contributed by atoms with E-state index in [1.807, 2.05) is 74.5 Å². The zero-order valence-electron chi connectivity index (χ0n) is 29.2. The molecule has 0 saturated carbocycles. The van der Waals surface area contributed by atoms with Crippen LogP contribution in [0, 0.1) is 5.92 Å². The fraction of sp³-hybridized carbons (Fsp3) is 0.541. The first-order valence-corrected chi connectivity index (χ1v) is 17.5. The topological polar surface area (TPSA) is 194 Å². The summed E-state index contributed by atoms with van der Waals surface area (Å²) in [6, 6.07) is 14.1. The lowest BCUT2D eigenvalue weighted by atomic mass is 9.97. The predicted molar refractivity (Wildman–Crippen MR) is 187 cm³/mol. The number of carbonyl (C=O) groups is 5. The minimum atomic E-state index is -1.34. The number of aldehydes is 1. The maximum Gasteiger partial charge on any atom is 0.246 e. The van der Waals surface area contributed by atoms with E-state index in [0.29, 0.717) is 44.9 Å². The summed E-state index contributed by atoms with van der Waals surface area (Å²) in [6.45, 7) is 5.32. The first kappa shape index (κ1) is 38.6. The normalized spacial score (nSPS) is 22.0. The molecule has 13 nitrogen and oxygen atoms in total. The van der Waals surface area contributed by atoms with E-state index < -0.39 is 72.2 Å². The molecule has 50 heavy (non-hydrogen) atoms. The van der Waals surface area contributed by atoms with Crippen molar-refractivity contribution in [3.63, 3.8) is 0 Å². The molecular weight excluding hydrogens is 640 g/mol. The van der Waals surface area contributed by atoms with Crippen molar-refractivity contribution in [1.29, 1.82) is 0 Å². The number of hydrogen-bond acceptors (Lipinski definition) is 9. The average molecular weight is 693 g/mol. The van der Waals surface area contributed by atoms with E-state index in [0.717, 1.165) is 11.1 Å². The number of amides is 4. The van der Waals surface area contributed by atoms with Crippen molar-refractivity contribution < 1.29 is 34.2 Å². The summed E-state index contributed by atoms with van der Waals surface area (Å²) < 4.78 is 0. The summed E-state index contributed by atoms with van der Waals surface area (Å²) in [6.07, 6.45) is 1.60. The largest absolute Gasteiger partial charge is 0.393 e. The zero-order valence-corrected chi connectivity index (χ0v) is 29.2. The van der Waals surface area contributed by atoms with Crippen LogP contribution in [-0.4, -0.2) is 112 Å². The van der Waals surface area contributed by atoms with Crippen LogP contribution in [0.1, 0.15) is 57.6 Å². The summed E-state index contributed by atoms with van der Waals surface area (Å²) in [5, 5.41) is 29.8. The van der Waals surface area contributed by atoms with E-state index >= 15 is 0 Å². The molecule has 0 aromatic heterocycles. The van der Waals surface area contributed by atoms with Gasteiger partial charge < -0.3 is 41.2 Å². The summed E-state index contributed by atoms with van der Waals surface area (Å²) >= 11 is 0. The molecule has 13 heteroatoms. The monoisotopic (exact) mass is 692 g/mol. The highest BCUT2D eigenvalue weighted by Gasteiger charge is 2.46. The number of aliphatic hydroxyl groups excluding tert-OH is 2. The van der Waals surface area contributed by atoms with Gasteiger partial charge in [0.1, 0.15) is 30.1 Å². The minimum absolute atomic E-state index is 0.157. The number of nitrogens with zero attached hydrogens (tertiary/aromatic N) is 2. The highest BCUT2D eigenvalue weighted by atomic mass is 16.3. The minimum Gasteiger partial charge on any atom is -0.393 e. The third kappa shape index (κ3) is 9.33. The summed E-state index contributed by atoms with van der Waals surface area (Å²) in [5.41, 5.74) is 6.53. The standard InChI is InChI=1S/C37H52N6O7/c1-24(2)31(41-32(46)28(38)20-26-12-6-4-7-13-26)34(48)39-25(3)35(49)42-18-10-16-30(42)33(47)40-29(21-27-14-8-5-9-15-27)36(50)43-19-11-17-37(43,22-44)23-45/h4-9,12-15,22,24-25,28-31,34,39,45,48H,10-11,16-21,23,38H2,1-3H3,(H,40,47)(H,41,46)/t25-,28-,29-,30-,31-,34?,37?/m0/s1. The van der Waals surface area contributed by atoms with Crippen molar-refractivity contribution in [3.8, 4) is 0 Å². The third-order valence-electron chi connectivity index (χ3n) is 9.82. The number of nitrogens with two attached hydrogens (primary N) is 1. The van der Waals surface area contributed by atoms with Gasteiger partial charge in [-0.25, -0.2) is 0 Å². The number of benzene rings is 2. The molecule has 272 valence electrons. The summed E-state index contributed by atoms with van der Waals surface area (Å²) in [5.74, 6) is -2.03. The molecule has 0 aliphatic carbocycles. The molecule has 2 unspecified atom stereocenters. The fourth-order valence-electron chi connectivity index (χ4n) is 6.89. The number of rotatable bonds is 16. The first-order valence-electron chi connectivity index (χ1n) is 17.5. The van der Waals surface area contributed by atoms with E-state index in [2.05, 4.69) is 16.0 Å². The molecule has 2 aliphatic heterocycles. The number of likely N-dealkylation sites (tertiary alicyclic amines) is 2. The van der Waals surface area contributed by atoms with Crippen LogP contribution in [0.3, 0.4) is 0 Å². The van der Waals surface area contributed by atoms with Gasteiger partial charge in [0.25, 0.3) is 0 Å². The molecule has 2 fully saturated rings. The van der Waals surface area contributed by atoms with E-state index in [4.69, 9.17) is 5.73 Å². The Morgan fingerprint density at radius 1 is 0.920 bits per heavy atom. The molecule has 2 aliphatic rings. The van der Waals surface area contributed by atoms with Crippen LogP contribution < -0.4 is 21.7 Å². The number of carbonyl (C=O) groups excluding carboxylic acids is 5. The van der Waals surface area contributed by atoms with E-state index in [9.17, 15) is 34.2 Å². The molecule has 7 N–H and O–H groups in total. The van der Waals surface area contributed by atoms with Crippen LogP contribution in [0.25, 0.3) is 0 Å². The van der Waals surface area contributed by atoms with Crippen LogP contribution in [-0.2, 0) is 36.8 Å². The van der Waals surface area contributed by atoms with Gasteiger partial charge >= 0.3 is 0 Å². The van der Waals surface area contributed by atoms with Crippen molar-refractivity contribution in [2.75, 3.05) is 19.7 Å². The first-order chi connectivity index (χ1) is 23.9. The van der Waals surface area contributed by atoms with Crippen molar-refractivity contribution >= 4 is 29.9 Å². The quantitative estimate of drug-likeness (QED) is 0.106. The van der Waals surface area contributed by atoms with Gasteiger partial charge in [-0.3, -0.25) is 24.5 Å². The van der Waals surface area contributed by atoms with Gasteiger partial charge in [-0.1, -0.05) is 74.5 Å². The Labute approximate surface area is 294 Å². The number of aliphatic hydroxyl groups is 2. The van der Waals surface area contributed by atoms with Crippen LogP contribution in [0.15, 0.2) is 60.7 Å². The SMILES string of the molecule is CC(C)[C@H](NC(=O)[C@@H](N)Cc1ccccc1)C(O)N[C@@H](C)C(=O)N1CCC[C@H]1C(=O)N[C@@H](Cc1ccccc1)C(=O)N1CCCC1(C=O)CO. The van der Waals surface area contributed by atoms with Crippen LogP contribution in [0.4, 0.5) is 0 Å². The third-order valence-corrected chi connectivity index (χ3v) is 9.82. The zero-order chi connectivity index (χ0) is 36.4. The molecule has 2 aromatic carbocycles. The maximum absolute atomic E-state index is 13.9. The number of nitrogens with one attached hydrogen (secondary N) is 3. The highest BCUT2D eigenvalue weighted by molar-refractivity contribution is 5.94. The second-order valence-electron chi connectivity index (χ2n) is 13.8. The van der Waals surface area contributed by atoms with Crippen LogP contribution in [0.2, 0.25) is 0 Å². The lowest BCUT2D eigenvalue weighted by Gasteiger charge is -2.36. The average Bonchev–Trinajstić information content (AvgIpc) is 3.78. The van der Waals surface area contributed by atoms with Gasteiger partial charge in [0.05, 0.1) is 24.7 Å². The summed E-state index contributed by atoms with van der Waals surface area (Å²) in [4.78, 5) is 69.2. The molecule has 4 amide bonds.